The molecule has 5 nitrogen and oxygen atoms in total. The normalized spacial score (nSPS) is 21.7. The molecule has 1 fully saturated rings. The number of rotatable bonds is 3. The van der Waals surface area contributed by atoms with Crippen LogP contribution in [0.15, 0.2) is 24.3 Å². The van der Waals surface area contributed by atoms with Crippen LogP contribution < -0.4 is 10.6 Å². The number of anilines is 1. The highest BCUT2D eigenvalue weighted by Gasteiger charge is 2.33. The van der Waals surface area contributed by atoms with Crippen molar-refractivity contribution in [3.8, 4) is 0 Å². The second-order valence-corrected chi connectivity index (χ2v) is 4.27. The minimum atomic E-state index is -1.05. The zero-order chi connectivity index (χ0) is 12.4. The van der Waals surface area contributed by atoms with Gasteiger partial charge in [0.05, 0.1) is 11.3 Å². The average Bonchev–Trinajstić information content (AvgIpc) is 2.94. The second-order valence-electron chi connectivity index (χ2n) is 4.27. The first-order valence-corrected chi connectivity index (χ1v) is 5.48. The van der Waals surface area contributed by atoms with Crippen LogP contribution in [0.1, 0.15) is 23.7 Å². The first-order chi connectivity index (χ1) is 8.08. The van der Waals surface area contributed by atoms with Crippen molar-refractivity contribution in [2.75, 3.05) is 5.32 Å². The van der Waals surface area contributed by atoms with E-state index >= 15 is 0 Å². The van der Waals surface area contributed by atoms with Crippen LogP contribution in [0.25, 0.3) is 0 Å². The fraction of sp³-hybridized carbons (Fsp3) is 0.333. The smallest absolute Gasteiger partial charge is 0.337 e. The van der Waals surface area contributed by atoms with Gasteiger partial charge in [0.1, 0.15) is 0 Å². The molecule has 17 heavy (non-hydrogen) atoms. The molecule has 1 aliphatic carbocycles. The molecule has 90 valence electrons. The summed E-state index contributed by atoms with van der Waals surface area (Å²) in [5.74, 6) is -0.545. The molecule has 1 saturated carbocycles. The molecule has 0 spiro atoms. The van der Waals surface area contributed by atoms with Gasteiger partial charge in [-0.2, -0.15) is 0 Å². The van der Waals surface area contributed by atoms with Crippen molar-refractivity contribution in [3.05, 3.63) is 29.8 Å². The largest absolute Gasteiger partial charge is 0.478 e. The summed E-state index contributed by atoms with van der Waals surface area (Å²) in [7, 11) is 0. The lowest BCUT2D eigenvalue weighted by atomic mass is 10.2. The number of aromatic carboxylic acids is 1. The molecule has 2 atom stereocenters. The van der Waals surface area contributed by atoms with Crippen molar-refractivity contribution in [2.24, 2.45) is 5.92 Å². The zero-order valence-electron chi connectivity index (χ0n) is 9.43. The third-order valence-electron chi connectivity index (χ3n) is 2.83. The van der Waals surface area contributed by atoms with Gasteiger partial charge in [0.25, 0.3) is 0 Å². The SMILES string of the molecule is CC1CC1NC(=O)Nc1ccccc1C(=O)O. The molecule has 0 saturated heterocycles. The van der Waals surface area contributed by atoms with Gasteiger partial charge in [-0.25, -0.2) is 9.59 Å². The number of urea groups is 1. The summed E-state index contributed by atoms with van der Waals surface area (Å²) in [4.78, 5) is 22.5. The highest BCUT2D eigenvalue weighted by molar-refractivity contribution is 6.00. The summed E-state index contributed by atoms with van der Waals surface area (Å²) < 4.78 is 0. The van der Waals surface area contributed by atoms with Gasteiger partial charge in [-0.15, -0.1) is 0 Å². The van der Waals surface area contributed by atoms with Gasteiger partial charge in [0, 0.05) is 6.04 Å². The molecule has 2 rings (SSSR count). The molecule has 0 heterocycles. The average molecular weight is 234 g/mol. The first-order valence-electron chi connectivity index (χ1n) is 5.48. The second kappa shape index (κ2) is 4.45. The molecule has 0 aromatic heterocycles. The molecule has 2 amide bonds. The maximum atomic E-state index is 11.6. The van der Waals surface area contributed by atoms with E-state index in [-0.39, 0.29) is 17.6 Å². The molecule has 1 aromatic carbocycles. The number of benzene rings is 1. The van der Waals surface area contributed by atoms with E-state index in [2.05, 4.69) is 17.6 Å². The van der Waals surface area contributed by atoms with Gasteiger partial charge >= 0.3 is 12.0 Å². The first kappa shape index (κ1) is 11.4. The number of hydrogen-bond acceptors (Lipinski definition) is 2. The Morgan fingerprint density at radius 2 is 2.00 bits per heavy atom. The summed E-state index contributed by atoms with van der Waals surface area (Å²) in [6.07, 6.45) is 0.980. The van der Waals surface area contributed by atoms with Crippen molar-refractivity contribution in [3.63, 3.8) is 0 Å². The highest BCUT2D eigenvalue weighted by atomic mass is 16.4. The Bertz CT molecular complexity index is 459. The number of amides is 2. The van der Waals surface area contributed by atoms with Gasteiger partial charge in [-0.05, 0) is 24.5 Å². The van der Waals surface area contributed by atoms with E-state index in [4.69, 9.17) is 5.11 Å². The van der Waals surface area contributed by atoms with E-state index in [1.54, 1.807) is 18.2 Å². The molecule has 0 bridgehead atoms. The Kier molecular flexibility index (Phi) is 2.99. The summed E-state index contributed by atoms with van der Waals surface area (Å²) in [5, 5.41) is 14.3. The number of nitrogens with one attached hydrogen (secondary N) is 2. The lowest BCUT2D eigenvalue weighted by molar-refractivity contribution is 0.0698. The Balaban J connectivity index is 2.02. The van der Waals surface area contributed by atoms with Crippen LogP contribution in [-0.4, -0.2) is 23.1 Å². The summed E-state index contributed by atoms with van der Waals surface area (Å²) in [6, 6.07) is 6.19. The maximum Gasteiger partial charge on any atom is 0.337 e. The van der Waals surface area contributed by atoms with Crippen molar-refractivity contribution in [1.82, 2.24) is 5.32 Å². The Hall–Kier alpha value is -2.04. The number of para-hydroxylation sites is 1. The predicted molar refractivity (Wildman–Crippen MR) is 63.1 cm³/mol. The van der Waals surface area contributed by atoms with Crippen LogP contribution in [0.5, 0.6) is 0 Å². The van der Waals surface area contributed by atoms with Crippen molar-refractivity contribution >= 4 is 17.7 Å². The standard InChI is InChI=1S/C12H14N2O3/c1-7-6-10(7)14-12(17)13-9-5-3-2-4-8(9)11(15)16/h2-5,7,10H,6H2,1H3,(H,15,16)(H2,13,14,17). The summed E-state index contributed by atoms with van der Waals surface area (Å²) in [6.45, 7) is 2.05. The van der Waals surface area contributed by atoms with Crippen LogP contribution in [0.3, 0.4) is 0 Å². The fourth-order valence-corrected chi connectivity index (χ4v) is 1.63. The quantitative estimate of drug-likeness (QED) is 0.747. The minimum absolute atomic E-state index is 0.0893. The number of carbonyl (C=O) groups is 2. The molecule has 1 aromatic rings. The van der Waals surface area contributed by atoms with E-state index in [1.165, 1.54) is 6.07 Å². The Morgan fingerprint density at radius 3 is 2.59 bits per heavy atom. The molecule has 5 heteroatoms. The predicted octanol–water partition coefficient (Wildman–Crippen LogP) is 1.91. The van der Waals surface area contributed by atoms with E-state index in [0.29, 0.717) is 11.6 Å². The van der Waals surface area contributed by atoms with Gasteiger partial charge in [0.2, 0.25) is 0 Å². The lowest BCUT2D eigenvalue weighted by Gasteiger charge is -2.09. The number of carboxylic acids is 1. The fourth-order valence-electron chi connectivity index (χ4n) is 1.63. The molecule has 3 N–H and O–H groups in total. The van der Waals surface area contributed by atoms with Gasteiger partial charge in [-0.3, -0.25) is 0 Å². The molecular weight excluding hydrogens is 220 g/mol. The number of carboxylic acid groups (broad SMARTS) is 1. The third kappa shape index (κ3) is 2.75. The Morgan fingerprint density at radius 1 is 1.35 bits per heavy atom. The highest BCUT2D eigenvalue weighted by Crippen LogP contribution is 2.29. The topological polar surface area (TPSA) is 78.4 Å². The van der Waals surface area contributed by atoms with Crippen LogP contribution in [0.4, 0.5) is 10.5 Å². The third-order valence-corrected chi connectivity index (χ3v) is 2.83. The van der Waals surface area contributed by atoms with Gasteiger partial charge in [0.15, 0.2) is 0 Å². The maximum absolute atomic E-state index is 11.6. The van der Waals surface area contributed by atoms with Crippen LogP contribution in [-0.2, 0) is 0 Å². The van der Waals surface area contributed by atoms with E-state index in [1.807, 2.05) is 0 Å². The number of carbonyl (C=O) groups excluding carboxylic acids is 1. The minimum Gasteiger partial charge on any atom is -0.478 e. The number of hydrogen-bond donors (Lipinski definition) is 3. The van der Waals surface area contributed by atoms with Crippen LogP contribution >= 0.6 is 0 Å². The van der Waals surface area contributed by atoms with Crippen LogP contribution in [0.2, 0.25) is 0 Å². The lowest BCUT2D eigenvalue weighted by Crippen LogP contribution is -2.31. The van der Waals surface area contributed by atoms with Gasteiger partial charge < -0.3 is 15.7 Å². The van der Waals surface area contributed by atoms with E-state index in [9.17, 15) is 9.59 Å². The van der Waals surface area contributed by atoms with Crippen molar-refractivity contribution < 1.29 is 14.7 Å². The monoisotopic (exact) mass is 234 g/mol. The molecule has 1 aliphatic rings. The molecular formula is C12H14N2O3. The summed E-state index contributed by atoms with van der Waals surface area (Å²) >= 11 is 0. The summed E-state index contributed by atoms with van der Waals surface area (Å²) in [5.41, 5.74) is 0.400. The van der Waals surface area contributed by atoms with Crippen LogP contribution in [0, 0.1) is 5.92 Å². The van der Waals surface area contributed by atoms with E-state index < -0.39 is 5.97 Å². The Labute approximate surface area is 98.8 Å². The van der Waals surface area contributed by atoms with Crippen molar-refractivity contribution in [1.29, 1.82) is 0 Å². The van der Waals surface area contributed by atoms with E-state index in [0.717, 1.165) is 6.42 Å². The molecule has 0 aliphatic heterocycles. The zero-order valence-corrected chi connectivity index (χ0v) is 9.43. The van der Waals surface area contributed by atoms with Gasteiger partial charge in [-0.1, -0.05) is 19.1 Å². The molecule has 2 unspecified atom stereocenters. The van der Waals surface area contributed by atoms with Crippen molar-refractivity contribution in [2.45, 2.75) is 19.4 Å². The molecule has 0 radical (unpaired) electrons.